The van der Waals surface area contributed by atoms with Crippen molar-refractivity contribution in [3.05, 3.63) is 64.7 Å². The number of carbonyl (C=O) groups is 1. The predicted molar refractivity (Wildman–Crippen MR) is 142 cm³/mol. The molecule has 0 saturated carbocycles. The summed E-state index contributed by atoms with van der Waals surface area (Å²) in [7, 11) is -3.78. The van der Waals surface area contributed by atoms with Gasteiger partial charge in [0.15, 0.2) is 14.6 Å². The molecular weight excluding hydrogens is 494 g/mol. The molecule has 0 N–H and O–H groups in total. The van der Waals surface area contributed by atoms with E-state index in [0.717, 1.165) is 50.2 Å². The molecule has 1 aliphatic heterocycles. The molecule has 9 nitrogen and oxygen atoms in total. The van der Waals surface area contributed by atoms with E-state index < -0.39 is 20.6 Å². The topological polar surface area (TPSA) is 108 Å². The molecule has 1 fully saturated rings. The van der Waals surface area contributed by atoms with E-state index in [4.69, 9.17) is 9.47 Å². The second-order valence-corrected chi connectivity index (χ2v) is 12.0. The van der Waals surface area contributed by atoms with E-state index in [1.807, 2.05) is 12.1 Å². The Labute approximate surface area is 216 Å². The fourth-order valence-electron chi connectivity index (χ4n) is 4.37. The lowest BCUT2D eigenvalue weighted by Crippen LogP contribution is -2.45. The maximum atomic E-state index is 13.1. The third kappa shape index (κ3) is 5.92. The van der Waals surface area contributed by atoms with E-state index in [-0.39, 0.29) is 25.1 Å². The molecule has 2 aromatic carbocycles. The number of aryl methyl sites for hydroxylation is 1. The first-order valence-corrected chi connectivity index (χ1v) is 14.3. The Morgan fingerprint density at radius 1 is 1.11 bits per heavy atom. The molecule has 1 aliphatic rings. The minimum Gasteiger partial charge on any atom is -0.465 e. The number of esters is 1. The molecule has 0 aliphatic carbocycles. The van der Waals surface area contributed by atoms with Crippen molar-refractivity contribution in [2.75, 3.05) is 39.2 Å². The van der Waals surface area contributed by atoms with Crippen LogP contribution < -0.4 is 5.56 Å². The highest BCUT2D eigenvalue weighted by Crippen LogP contribution is 2.25. The zero-order valence-corrected chi connectivity index (χ0v) is 22.3. The Kier molecular flexibility index (Phi) is 8.11. The van der Waals surface area contributed by atoms with Gasteiger partial charge < -0.3 is 9.47 Å². The Balaban J connectivity index is 1.52. The molecule has 1 saturated heterocycles. The second kappa shape index (κ2) is 11.1. The van der Waals surface area contributed by atoms with Crippen molar-refractivity contribution in [3.8, 4) is 11.1 Å². The molecule has 0 bridgehead atoms. The van der Waals surface area contributed by atoms with Crippen LogP contribution in [0.3, 0.4) is 0 Å². The smallest absolute Gasteiger partial charge is 0.327 e. The van der Waals surface area contributed by atoms with Crippen LogP contribution in [0.5, 0.6) is 0 Å². The summed E-state index contributed by atoms with van der Waals surface area (Å²) in [5.41, 5.74) is 3.46. The van der Waals surface area contributed by atoms with Gasteiger partial charge in [0.2, 0.25) is 0 Å². The van der Waals surface area contributed by atoms with Gasteiger partial charge >= 0.3 is 5.97 Å². The number of hydrogen-bond acceptors (Lipinski definition) is 8. The fraction of sp³-hybridized carbons (Fsp3) is 0.444. The predicted octanol–water partition coefficient (Wildman–Crippen LogP) is 2.65. The van der Waals surface area contributed by atoms with Gasteiger partial charge in [0.05, 0.1) is 37.1 Å². The number of ether oxygens (including phenoxy) is 2. The molecule has 3 aromatic rings. The van der Waals surface area contributed by atoms with Crippen LogP contribution in [0.2, 0.25) is 0 Å². The van der Waals surface area contributed by atoms with Crippen LogP contribution in [0, 0.1) is 0 Å². The van der Waals surface area contributed by atoms with Crippen LogP contribution in [-0.2, 0) is 37.2 Å². The molecule has 0 radical (unpaired) electrons. The van der Waals surface area contributed by atoms with Crippen molar-refractivity contribution in [2.24, 2.45) is 0 Å². The quantitative estimate of drug-likeness (QED) is 0.391. The Hall–Kier alpha value is -3.08. The molecule has 0 amide bonds. The number of nitrogens with zero attached hydrogens (tertiary/aromatic N) is 3. The summed E-state index contributed by atoms with van der Waals surface area (Å²) in [6.07, 6.45) is 2.29. The van der Waals surface area contributed by atoms with Crippen LogP contribution in [0.25, 0.3) is 22.0 Å². The van der Waals surface area contributed by atoms with Crippen molar-refractivity contribution in [2.45, 2.75) is 38.1 Å². The molecule has 4 rings (SSSR count). The monoisotopic (exact) mass is 527 g/mol. The first-order valence-electron chi connectivity index (χ1n) is 12.4. The van der Waals surface area contributed by atoms with Crippen LogP contribution in [0.1, 0.15) is 25.8 Å². The number of sulfone groups is 1. The zero-order chi connectivity index (χ0) is 26.6. The Bertz CT molecular complexity index is 1430. The summed E-state index contributed by atoms with van der Waals surface area (Å²) in [5.74, 6) is -0.820. The number of aromatic nitrogens is 2. The molecule has 1 atom stereocenters. The van der Waals surface area contributed by atoms with E-state index in [9.17, 15) is 18.0 Å². The lowest BCUT2D eigenvalue weighted by atomic mass is 10.0. The summed E-state index contributed by atoms with van der Waals surface area (Å²) in [6.45, 7) is 7.33. The summed E-state index contributed by atoms with van der Waals surface area (Å²) in [4.78, 5) is 32.3. The zero-order valence-electron chi connectivity index (χ0n) is 21.5. The van der Waals surface area contributed by atoms with Crippen LogP contribution in [0.15, 0.2) is 53.6 Å². The maximum absolute atomic E-state index is 13.1. The first-order chi connectivity index (χ1) is 17.6. The van der Waals surface area contributed by atoms with Crippen molar-refractivity contribution >= 4 is 26.7 Å². The number of rotatable bonds is 9. The van der Waals surface area contributed by atoms with Gasteiger partial charge in [-0.2, -0.15) is 0 Å². The minimum atomic E-state index is -3.78. The lowest BCUT2D eigenvalue weighted by molar-refractivity contribution is -0.146. The molecule has 198 valence electrons. The van der Waals surface area contributed by atoms with Crippen molar-refractivity contribution in [1.82, 2.24) is 14.5 Å². The first kappa shape index (κ1) is 27.0. The molecule has 37 heavy (non-hydrogen) atoms. The van der Waals surface area contributed by atoms with Gasteiger partial charge in [-0.1, -0.05) is 30.3 Å². The van der Waals surface area contributed by atoms with E-state index in [1.165, 1.54) is 23.4 Å². The van der Waals surface area contributed by atoms with Crippen molar-refractivity contribution < 1.29 is 22.7 Å². The van der Waals surface area contributed by atoms with E-state index in [2.05, 4.69) is 34.1 Å². The average molecular weight is 528 g/mol. The normalized spacial score (nSPS) is 16.4. The number of morpholine rings is 1. The molecule has 10 heteroatoms. The van der Waals surface area contributed by atoms with E-state index >= 15 is 0 Å². The Morgan fingerprint density at radius 3 is 2.43 bits per heavy atom. The van der Waals surface area contributed by atoms with Gasteiger partial charge in [-0.15, -0.1) is 0 Å². The van der Waals surface area contributed by atoms with Gasteiger partial charge in [-0.3, -0.25) is 19.1 Å². The fourth-order valence-corrected chi connectivity index (χ4v) is 5.20. The molecular formula is C27H33N3O6S. The van der Waals surface area contributed by atoms with E-state index in [1.54, 1.807) is 13.0 Å². The standard InChI is InChI=1S/C27H33N3O6S/c1-4-36-26(32)27(2,37(3,33)34)11-12-30-19-28-24-17-22(9-10-23(24)25(30)31)21-7-5-20(6-8-21)18-29-13-15-35-16-14-29/h5-10,17,19H,4,11-16,18H2,1-3H3. The van der Waals surface area contributed by atoms with Gasteiger partial charge in [0.1, 0.15) is 0 Å². The highest BCUT2D eigenvalue weighted by molar-refractivity contribution is 7.92. The number of hydrogen-bond donors (Lipinski definition) is 0. The second-order valence-electron chi connectivity index (χ2n) is 9.53. The third-order valence-corrected chi connectivity index (χ3v) is 8.99. The SMILES string of the molecule is CCOC(=O)C(C)(CCn1cnc2cc(-c3ccc(CN4CCOCC4)cc3)ccc2c1=O)S(C)(=O)=O. The third-order valence-electron chi connectivity index (χ3n) is 6.98. The number of carbonyl (C=O) groups excluding carboxylic acids is 1. The summed E-state index contributed by atoms with van der Waals surface area (Å²) in [6, 6.07) is 13.9. The average Bonchev–Trinajstić information content (AvgIpc) is 2.88. The summed E-state index contributed by atoms with van der Waals surface area (Å²) >= 11 is 0. The van der Waals surface area contributed by atoms with Crippen LogP contribution in [-0.4, -0.2) is 72.8 Å². The van der Waals surface area contributed by atoms with Crippen molar-refractivity contribution in [1.29, 1.82) is 0 Å². The van der Waals surface area contributed by atoms with Crippen LogP contribution >= 0.6 is 0 Å². The highest BCUT2D eigenvalue weighted by Gasteiger charge is 2.44. The summed E-state index contributed by atoms with van der Waals surface area (Å²) in [5, 5.41) is 0.424. The van der Waals surface area contributed by atoms with Gasteiger partial charge in [0.25, 0.3) is 5.56 Å². The highest BCUT2D eigenvalue weighted by atomic mass is 32.2. The molecule has 2 heterocycles. The van der Waals surface area contributed by atoms with Crippen LogP contribution in [0.4, 0.5) is 0 Å². The number of benzene rings is 2. The van der Waals surface area contributed by atoms with Crippen molar-refractivity contribution in [3.63, 3.8) is 0 Å². The Morgan fingerprint density at radius 2 is 1.78 bits per heavy atom. The van der Waals surface area contributed by atoms with Gasteiger partial charge in [0, 0.05) is 32.4 Å². The molecule has 0 spiro atoms. The lowest BCUT2D eigenvalue weighted by Gasteiger charge is -2.26. The van der Waals surface area contributed by atoms with E-state index in [0.29, 0.717) is 10.9 Å². The van der Waals surface area contributed by atoms with Gasteiger partial charge in [-0.05, 0) is 49.1 Å². The maximum Gasteiger partial charge on any atom is 0.327 e. The number of fused-ring (bicyclic) bond motifs is 1. The molecule has 1 unspecified atom stereocenters. The molecule has 1 aromatic heterocycles. The summed E-state index contributed by atoms with van der Waals surface area (Å²) < 4.78 is 34.7. The van der Waals surface area contributed by atoms with Gasteiger partial charge in [-0.25, -0.2) is 13.4 Å². The minimum absolute atomic E-state index is 0.0104. The largest absolute Gasteiger partial charge is 0.465 e.